The molecule has 1 unspecified atom stereocenters. The number of hydrogen-bond donors (Lipinski definition) is 2. The molecule has 18 heavy (non-hydrogen) atoms. The molecule has 4 N–H and O–H groups in total. The zero-order valence-electron chi connectivity index (χ0n) is 10.2. The van der Waals surface area contributed by atoms with Crippen molar-refractivity contribution in [2.24, 2.45) is 10.9 Å². The summed E-state index contributed by atoms with van der Waals surface area (Å²) < 4.78 is 28.2. The summed E-state index contributed by atoms with van der Waals surface area (Å²) in [6.07, 6.45) is -0.541. The minimum atomic E-state index is -3.91. The molecule has 1 aromatic rings. The van der Waals surface area contributed by atoms with E-state index in [4.69, 9.17) is 15.6 Å². The Morgan fingerprint density at radius 1 is 1.44 bits per heavy atom. The number of ether oxygens (including phenoxy) is 1. The predicted molar refractivity (Wildman–Crippen MR) is 66.5 cm³/mol. The van der Waals surface area contributed by atoms with Crippen LogP contribution in [0.15, 0.2) is 23.1 Å². The lowest BCUT2D eigenvalue weighted by atomic mass is 10.2. The second-order valence-electron chi connectivity index (χ2n) is 3.91. The Hall–Kier alpha value is -1.60. The summed E-state index contributed by atoms with van der Waals surface area (Å²) in [7, 11) is -3.91. The molecule has 6 nitrogen and oxygen atoms in total. The lowest BCUT2D eigenvalue weighted by molar-refractivity contribution is -0.124. The van der Waals surface area contributed by atoms with Crippen molar-refractivity contribution in [3.05, 3.63) is 23.8 Å². The average Bonchev–Trinajstić information content (AvgIpc) is 2.25. The molecule has 0 aliphatic carbocycles. The van der Waals surface area contributed by atoms with Gasteiger partial charge < -0.3 is 10.5 Å². The van der Waals surface area contributed by atoms with Crippen LogP contribution in [0.4, 0.5) is 0 Å². The van der Waals surface area contributed by atoms with Crippen LogP contribution in [0.5, 0.6) is 5.75 Å². The van der Waals surface area contributed by atoms with E-state index in [1.807, 2.05) is 0 Å². The second kappa shape index (κ2) is 5.36. The number of amides is 1. The molecule has 1 rings (SSSR count). The molecule has 100 valence electrons. The van der Waals surface area contributed by atoms with E-state index in [0.29, 0.717) is 6.42 Å². The molecule has 0 heterocycles. The maximum Gasteiger partial charge on any atom is 0.258 e. The smallest absolute Gasteiger partial charge is 0.258 e. The number of benzene rings is 1. The van der Waals surface area contributed by atoms with E-state index in [-0.39, 0.29) is 10.6 Å². The van der Waals surface area contributed by atoms with Crippen LogP contribution < -0.4 is 15.6 Å². The van der Waals surface area contributed by atoms with Crippen molar-refractivity contribution in [3.63, 3.8) is 0 Å². The first-order valence-electron chi connectivity index (χ1n) is 5.35. The molecule has 0 spiro atoms. The van der Waals surface area contributed by atoms with E-state index >= 15 is 0 Å². The van der Waals surface area contributed by atoms with Gasteiger partial charge in [-0.15, -0.1) is 0 Å². The maximum absolute atomic E-state index is 11.4. The Balaban J connectivity index is 3.21. The maximum atomic E-state index is 11.4. The molecule has 0 aliphatic rings. The van der Waals surface area contributed by atoms with E-state index in [2.05, 4.69) is 0 Å². The van der Waals surface area contributed by atoms with Crippen molar-refractivity contribution in [2.45, 2.75) is 31.3 Å². The minimum Gasteiger partial charge on any atom is -0.479 e. The molecule has 0 aromatic heterocycles. The normalized spacial score (nSPS) is 13.1. The first-order chi connectivity index (χ1) is 8.25. The zero-order valence-corrected chi connectivity index (χ0v) is 11.0. The summed E-state index contributed by atoms with van der Waals surface area (Å²) in [5.41, 5.74) is 5.86. The standard InChI is InChI=1S/C11H16N2O4S/c1-3-8(11(12)14)17-9-5-4-7(2)6-10(9)18(13,15)16/h4-6,8H,3H2,1-2H3,(H2,12,14)(H2,13,15,16). The first-order valence-corrected chi connectivity index (χ1v) is 6.89. The zero-order chi connectivity index (χ0) is 13.9. The van der Waals surface area contributed by atoms with Gasteiger partial charge in [0.15, 0.2) is 6.10 Å². The molecule has 0 aliphatic heterocycles. The molecular formula is C11H16N2O4S. The SMILES string of the molecule is CCC(Oc1ccc(C)cc1S(N)(=O)=O)C(N)=O. The summed E-state index contributed by atoms with van der Waals surface area (Å²) in [5, 5.41) is 5.10. The predicted octanol–water partition coefficient (Wildman–Crippen LogP) is 0.285. The van der Waals surface area contributed by atoms with Gasteiger partial charge >= 0.3 is 0 Å². The van der Waals surface area contributed by atoms with Crippen molar-refractivity contribution in [1.29, 1.82) is 0 Å². The third-order valence-corrected chi connectivity index (χ3v) is 3.30. The van der Waals surface area contributed by atoms with Crippen molar-refractivity contribution in [2.75, 3.05) is 0 Å². The van der Waals surface area contributed by atoms with E-state index in [1.165, 1.54) is 12.1 Å². The quantitative estimate of drug-likeness (QED) is 0.801. The molecule has 7 heteroatoms. The van der Waals surface area contributed by atoms with Gasteiger partial charge in [-0.2, -0.15) is 0 Å². The van der Waals surface area contributed by atoms with Crippen LogP contribution in [0.25, 0.3) is 0 Å². The van der Waals surface area contributed by atoms with Gasteiger partial charge in [0.05, 0.1) is 0 Å². The minimum absolute atomic E-state index is 0.0359. The van der Waals surface area contributed by atoms with Gasteiger partial charge in [-0.1, -0.05) is 13.0 Å². The molecule has 0 radical (unpaired) electrons. The summed E-state index contributed by atoms with van der Waals surface area (Å²) in [6, 6.07) is 4.51. The molecule has 1 atom stereocenters. The van der Waals surface area contributed by atoms with E-state index in [1.54, 1.807) is 19.9 Å². The molecule has 0 saturated heterocycles. The Kier molecular flexibility index (Phi) is 4.31. The molecule has 1 amide bonds. The fourth-order valence-corrected chi connectivity index (χ4v) is 2.18. The van der Waals surface area contributed by atoms with Gasteiger partial charge in [-0.05, 0) is 31.0 Å². The van der Waals surface area contributed by atoms with Crippen molar-refractivity contribution >= 4 is 15.9 Å². The highest BCUT2D eigenvalue weighted by Crippen LogP contribution is 2.25. The van der Waals surface area contributed by atoms with Gasteiger partial charge in [-0.3, -0.25) is 4.79 Å². The summed E-state index contributed by atoms with van der Waals surface area (Å²) >= 11 is 0. The highest BCUT2D eigenvalue weighted by molar-refractivity contribution is 7.89. The van der Waals surface area contributed by atoms with Crippen LogP contribution in [-0.4, -0.2) is 20.4 Å². The van der Waals surface area contributed by atoms with Crippen LogP contribution in [-0.2, 0) is 14.8 Å². The number of primary amides is 1. The topological polar surface area (TPSA) is 112 Å². The van der Waals surface area contributed by atoms with Gasteiger partial charge in [0.25, 0.3) is 5.91 Å². The third-order valence-electron chi connectivity index (χ3n) is 2.36. The molecular weight excluding hydrogens is 256 g/mol. The van der Waals surface area contributed by atoms with Gasteiger partial charge in [0.1, 0.15) is 10.6 Å². The van der Waals surface area contributed by atoms with Gasteiger partial charge in [0, 0.05) is 0 Å². The van der Waals surface area contributed by atoms with Gasteiger partial charge in [-0.25, -0.2) is 13.6 Å². The van der Waals surface area contributed by atoms with Crippen LogP contribution in [0.3, 0.4) is 0 Å². The number of carbonyl (C=O) groups is 1. The number of sulfonamides is 1. The number of primary sulfonamides is 1. The largest absolute Gasteiger partial charge is 0.479 e. The lowest BCUT2D eigenvalue weighted by Crippen LogP contribution is -2.33. The Bertz CT molecular complexity index is 554. The number of nitrogens with two attached hydrogens (primary N) is 2. The Morgan fingerprint density at radius 2 is 2.06 bits per heavy atom. The van der Waals surface area contributed by atoms with Crippen molar-refractivity contribution < 1.29 is 17.9 Å². The first kappa shape index (κ1) is 14.5. The fourth-order valence-electron chi connectivity index (χ4n) is 1.43. The van der Waals surface area contributed by atoms with E-state index < -0.39 is 22.0 Å². The second-order valence-corrected chi connectivity index (χ2v) is 5.44. The lowest BCUT2D eigenvalue weighted by Gasteiger charge is -2.16. The Morgan fingerprint density at radius 3 is 2.50 bits per heavy atom. The monoisotopic (exact) mass is 272 g/mol. The van der Waals surface area contributed by atoms with Crippen LogP contribution in [0.2, 0.25) is 0 Å². The van der Waals surface area contributed by atoms with Crippen molar-refractivity contribution in [1.82, 2.24) is 0 Å². The fraction of sp³-hybridized carbons (Fsp3) is 0.364. The van der Waals surface area contributed by atoms with Crippen LogP contribution >= 0.6 is 0 Å². The van der Waals surface area contributed by atoms with Crippen LogP contribution in [0.1, 0.15) is 18.9 Å². The molecule has 0 saturated carbocycles. The third kappa shape index (κ3) is 3.44. The van der Waals surface area contributed by atoms with Crippen LogP contribution in [0, 0.1) is 6.92 Å². The molecule has 0 fully saturated rings. The van der Waals surface area contributed by atoms with E-state index in [0.717, 1.165) is 5.56 Å². The number of hydrogen-bond acceptors (Lipinski definition) is 4. The average molecular weight is 272 g/mol. The van der Waals surface area contributed by atoms with E-state index in [9.17, 15) is 13.2 Å². The summed E-state index contributed by atoms with van der Waals surface area (Å²) in [6.45, 7) is 3.43. The molecule has 0 bridgehead atoms. The summed E-state index contributed by atoms with van der Waals surface area (Å²) in [4.78, 5) is 10.9. The van der Waals surface area contributed by atoms with Crippen molar-refractivity contribution in [3.8, 4) is 5.75 Å². The highest BCUT2D eigenvalue weighted by atomic mass is 32.2. The number of carbonyl (C=O) groups excluding carboxylic acids is 1. The summed E-state index contributed by atoms with van der Waals surface area (Å²) in [5.74, 6) is -0.618. The highest BCUT2D eigenvalue weighted by Gasteiger charge is 2.20. The Labute approximate surface area is 106 Å². The number of rotatable bonds is 5. The molecule has 1 aromatic carbocycles. The number of aryl methyl sites for hydroxylation is 1. The van der Waals surface area contributed by atoms with Gasteiger partial charge in [0.2, 0.25) is 10.0 Å².